The van der Waals surface area contributed by atoms with Crippen molar-refractivity contribution in [2.45, 2.75) is 33.6 Å². The van der Waals surface area contributed by atoms with Crippen molar-refractivity contribution in [2.24, 2.45) is 0 Å². The maximum Gasteiger partial charge on any atom is 0.332 e. The summed E-state index contributed by atoms with van der Waals surface area (Å²) in [6.45, 7) is 7.15. The van der Waals surface area contributed by atoms with Crippen LogP contribution < -0.4 is 10.2 Å². The van der Waals surface area contributed by atoms with E-state index in [1.165, 1.54) is 0 Å². The van der Waals surface area contributed by atoms with Crippen LogP contribution in [0.4, 0.5) is 17.5 Å². The Morgan fingerprint density at radius 1 is 1.32 bits per heavy atom. The Kier molecular flexibility index (Phi) is 5.47. The summed E-state index contributed by atoms with van der Waals surface area (Å²) in [6, 6.07) is 0. The topological polar surface area (TPSA) is 84.2 Å². The second-order valence-electron chi connectivity index (χ2n) is 4.41. The lowest BCUT2D eigenvalue weighted by Gasteiger charge is -2.18. The van der Waals surface area contributed by atoms with Gasteiger partial charge in [0.05, 0.1) is 4.92 Å². The molecule has 0 saturated heterocycles. The van der Waals surface area contributed by atoms with E-state index in [-0.39, 0.29) is 5.69 Å². The molecule has 0 unspecified atom stereocenters. The summed E-state index contributed by atoms with van der Waals surface area (Å²) in [5.74, 6) is 0.820. The molecule has 0 bridgehead atoms. The smallest absolute Gasteiger partial charge is 0.332 e. The van der Waals surface area contributed by atoms with Gasteiger partial charge in [-0.3, -0.25) is 10.1 Å². The normalized spacial score (nSPS) is 10.3. The first-order valence-corrected chi connectivity index (χ1v) is 6.49. The molecule has 7 heteroatoms. The molecule has 1 heterocycles. The number of nitrogens with zero attached hydrogens (tertiary/aromatic N) is 4. The van der Waals surface area contributed by atoms with Crippen LogP contribution in [0.15, 0.2) is 0 Å². The third-order valence-corrected chi connectivity index (χ3v) is 2.68. The molecular formula is C12H21N5O2. The van der Waals surface area contributed by atoms with Gasteiger partial charge in [-0.1, -0.05) is 13.8 Å². The molecule has 0 fully saturated rings. The molecule has 0 aliphatic carbocycles. The summed E-state index contributed by atoms with van der Waals surface area (Å²) in [5, 5.41) is 14.2. The van der Waals surface area contributed by atoms with E-state index in [1.807, 2.05) is 20.9 Å². The van der Waals surface area contributed by atoms with Crippen LogP contribution in [-0.2, 0) is 0 Å². The van der Waals surface area contributed by atoms with Crippen molar-refractivity contribution in [3.63, 3.8) is 0 Å². The standard InChI is InChI=1S/C12H21N5O2/c1-5-7-13-12-14-9(3)10(17(18)19)11(15-12)16(4)8-6-2/h5-8H2,1-4H3,(H,13,14,15). The number of hydrogen-bond donors (Lipinski definition) is 1. The average Bonchev–Trinajstić information content (AvgIpc) is 2.35. The van der Waals surface area contributed by atoms with Crippen molar-refractivity contribution in [2.75, 3.05) is 30.4 Å². The Hall–Kier alpha value is -1.92. The monoisotopic (exact) mass is 267 g/mol. The number of nitrogens with one attached hydrogen (secondary N) is 1. The van der Waals surface area contributed by atoms with E-state index in [2.05, 4.69) is 15.3 Å². The van der Waals surface area contributed by atoms with Crippen molar-refractivity contribution in [1.29, 1.82) is 0 Å². The summed E-state index contributed by atoms with van der Waals surface area (Å²) in [4.78, 5) is 21.0. The van der Waals surface area contributed by atoms with Crippen LogP contribution in [0.1, 0.15) is 32.4 Å². The van der Waals surface area contributed by atoms with Crippen LogP contribution in [0, 0.1) is 17.0 Å². The Morgan fingerprint density at radius 3 is 2.53 bits per heavy atom. The van der Waals surface area contributed by atoms with Gasteiger partial charge in [0.2, 0.25) is 11.8 Å². The largest absolute Gasteiger partial charge is 0.354 e. The zero-order chi connectivity index (χ0) is 14.4. The summed E-state index contributed by atoms with van der Waals surface area (Å²) < 4.78 is 0. The first kappa shape index (κ1) is 15.1. The molecule has 1 aromatic rings. The van der Waals surface area contributed by atoms with Crippen molar-refractivity contribution >= 4 is 17.5 Å². The van der Waals surface area contributed by atoms with Gasteiger partial charge >= 0.3 is 5.69 Å². The molecule has 1 aromatic heterocycles. The van der Waals surface area contributed by atoms with Crippen LogP contribution in [0.3, 0.4) is 0 Å². The number of aromatic nitrogens is 2. The molecule has 1 rings (SSSR count). The minimum absolute atomic E-state index is 0.0157. The molecule has 1 N–H and O–H groups in total. The van der Waals surface area contributed by atoms with Gasteiger partial charge in [0, 0.05) is 20.1 Å². The van der Waals surface area contributed by atoms with Crippen LogP contribution >= 0.6 is 0 Å². The van der Waals surface area contributed by atoms with Crippen LogP contribution in [0.5, 0.6) is 0 Å². The van der Waals surface area contributed by atoms with Crippen LogP contribution in [0.2, 0.25) is 0 Å². The lowest BCUT2D eigenvalue weighted by Crippen LogP contribution is -2.22. The highest BCUT2D eigenvalue weighted by Crippen LogP contribution is 2.29. The fourth-order valence-corrected chi connectivity index (χ4v) is 1.79. The number of nitro groups is 1. The molecule has 0 radical (unpaired) electrons. The minimum atomic E-state index is -0.416. The zero-order valence-electron chi connectivity index (χ0n) is 11.9. The first-order chi connectivity index (χ1) is 9.01. The number of anilines is 2. The molecule has 0 spiro atoms. The van der Waals surface area contributed by atoms with Gasteiger partial charge in [-0.2, -0.15) is 4.98 Å². The lowest BCUT2D eigenvalue weighted by molar-refractivity contribution is -0.385. The van der Waals surface area contributed by atoms with E-state index in [0.717, 1.165) is 19.4 Å². The minimum Gasteiger partial charge on any atom is -0.354 e. The number of hydrogen-bond acceptors (Lipinski definition) is 6. The van der Waals surface area contributed by atoms with E-state index >= 15 is 0 Å². The van der Waals surface area contributed by atoms with E-state index in [9.17, 15) is 10.1 Å². The molecule has 19 heavy (non-hydrogen) atoms. The average molecular weight is 267 g/mol. The molecular weight excluding hydrogens is 246 g/mol. The number of aryl methyl sites for hydroxylation is 1. The predicted molar refractivity (Wildman–Crippen MR) is 75.8 cm³/mol. The van der Waals surface area contributed by atoms with E-state index in [0.29, 0.717) is 24.0 Å². The highest BCUT2D eigenvalue weighted by Gasteiger charge is 2.24. The van der Waals surface area contributed by atoms with Crippen molar-refractivity contribution in [3.05, 3.63) is 15.8 Å². The highest BCUT2D eigenvalue weighted by molar-refractivity contribution is 5.62. The van der Waals surface area contributed by atoms with Gasteiger partial charge in [-0.15, -0.1) is 0 Å². The molecule has 7 nitrogen and oxygen atoms in total. The fourth-order valence-electron chi connectivity index (χ4n) is 1.79. The van der Waals surface area contributed by atoms with E-state index < -0.39 is 4.92 Å². The molecule has 106 valence electrons. The first-order valence-electron chi connectivity index (χ1n) is 6.49. The molecule has 0 amide bonds. The number of rotatable bonds is 7. The fraction of sp³-hybridized carbons (Fsp3) is 0.667. The molecule has 0 aromatic carbocycles. The summed E-state index contributed by atoms with van der Waals surface area (Å²) in [7, 11) is 1.81. The maximum absolute atomic E-state index is 11.2. The Bertz CT molecular complexity index is 450. The summed E-state index contributed by atoms with van der Waals surface area (Å²) in [6.07, 6.45) is 1.84. The molecule has 0 aliphatic heterocycles. The van der Waals surface area contributed by atoms with Crippen molar-refractivity contribution < 1.29 is 4.92 Å². The predicted octanol–water partition coefficient (Wildman–Crippen LogP) is 2.36. The van der Waals surface area contributed by atoms with Gasteiger partial charge in [0.15, 0.2) is 0 Å². The molecule has 0 aliphatic rings. The van der Waals surface area contributed by atoms with Gasteiger partial charge in [-0.25, -0.2) is 4.98 Å². The van der Waals surface area contributed by atoms with E-state index in [1.54, 1.807) is 11.8 Å². The maximum atomic E-state index is 11.2. The Balaban J connectivity index is 3.20. The molecule has 0 saturated carbocycles. The van der Waals surface area contributed by atoms with Crippen LogP contribution in [-0.4, -0.2) is 35.0 Å². The second-order valence-corrected chi connectivity index (χ2v) is 4.41. The Morgan fingerprint density at radius 2 is 2.00 bits per heavy atom. The van der Waals surface area contributed by atoms with Crippen molar-refractivity contribution in [3.8, 4) is 0 Å². The quantitative estimate of drug-likeness (QED) is 0.603. The second kappa shape index (κ2) is 6.86. The van der Waals surface area contributed by atoms with Crippen molar-refractivity contribution in [1.82, 2.24) is 9.97 Å². The third-order valence-electron chi connectivity index (χ3n) is 2.68. The zero-order valence-corrected chi connectivity index (χ0v) is 11.9. The SMILES string of the molecule is CCCNc1nc(C)c([N+](=O)[O-])c(N(C)CCC)n1. The summed E-state index contributed by atoms with van der Waals surface area (Å²) >= 11 is 0. The van der Waals surface area contributed by atoms with Gasteiger partial charge in [-0.05, 0) is 19.8 Å². The van der Waals surface area contributed by atoms with E-state index in [4.69, 9.17) is 0 Å². The lowest BCUT2D eigenvalue weighted by atomic mass is 10.3. The van der Waals surface area contributed by atoms with Gasteiger partial charge in [0.1, 0.15) is 5.69 Å². The third kappa shape index (κ3) is 3.77. The Labute approximate surface area is 113 Å². The molecule has 0 atom stereocenters. The van der Waals surface area contributed by atoms with Crippen LogP contribution in [0.25, 0.3) is 0 Å². The van der Waals surface area contributed by atoms with Gasteiger partial charge < -0.3 is 10.2 Å². The highest BCUT2D eigenvalue weighted by atomic mass is 16.6. The van der Waals surface area contributed by atoms with Gasteiger partial charge in [0.25, 0.3) is 0 Å². The summed E-state index contributed by atoms with van der Waals surface area (Å²) in [5.41, 5.74) is 0.370.